The van der Waals surface area contributed by atoms with Crippen molar-refractivity contribution in [2.45, 2.75) is 13.8 Å². The zero-order valence-electron chi connectivity index (χ0n) is 8.49. The van der Waals surface area contributed by atoms with Crippen LogP contribution in [0.4, 0.5) is 0 Å². The maximum atomic E-state index is 10.5. The fraction of sp³-hybridized carbons (Fsp3) is 0.167. The molecule has 0 aromatic heterocycles. The van der Waals surface area contributed by atoms with E-state index in [1.807, 2.05) is 13.8 Å². The SMILES string of the molecule is C=Cc1c(C=O)cccc1C=O.CC. The Kier molecular flexibility index (Phi) is 5.95. The predicted octanol–water partition coefficient (Wildman–Crippen LogP) is 2.98. The summed E-state index contributed by atoms with van der Waals surface area (Å²) in [5.74, 6) is 0. The Morgan fingerprint density at radius 2 is 1.50 bits per heavy atom. The van der Waals surface area contributed by atoms with Crippen LogP contribution < -0.4 is 0 Å². The minimum Gasteiger partial charge on any atom is -0.298 e. The molecule has 0 unspecified atom stereocenters. The van der Waals surface area contributed by atoms with Gasteiger partial charge in [0.25, 0.3) is 0 Å². The fourth-order valence-corrected chi connectivity index (χ4v) is 1.04. The summed E-state index contributed by atoms with van der Waals surface area (Å²) in [7, 11) is 0. The Morgan fingerprint density at radius 1 is 1.07 bits per heavy atom. The summed E-state index contributed by atoms with van der Waals surface area (Å²) in [6.45, 7) is 7.53. The van der Waals surface area contributed by atoms with E-state index in [4.69, 9.17) is 0 Å². The van der Waals surface area contributed by atoms with Crippen molar-refractivity contribution in [3.8, 4) is 0 Å². The topological polar surface area (TPSA) is 34.1 Å². The molecule has 1 rings (SSSR count). The van der Waals surface area contributed by atoms with Crippen molar-refractivity contribution >= 4 is 18.6 Å². The van der Waals surface area contributed by atoms with Crippen LogP contribution in [0.25, 0.3) is 6.08 Å². The molecule has 0 N–H and O–H groups in total. The molecule has 74 valence electrons. The van der Waals surface area contributed by atoms with Gasteiger partial charge in [-0.15, -0.1) is 0 Å². The molecule has 0 bridgehead atoms. The predicted molar refractivity (Wildman–Crippen MR) is 58.7 cm³/mol. The first-order valence-electron chi connectivity index (χ1n) is 4.49. The lowest BCUT2D eigenvalue weighted by Crippen LogP contribution is -1.91. The Hall–Kier alpha value is -1.70. The van der Waals surface area contributed by atoms with Crippen molar-refractivity contribution in [1.29, 1.82) is 0 Å². The molecule has 0 aliphatic heterocycles. The molecule has 0 saturated heterocycles. The Balaban J connectivity index is 0.000000791. The van der Waals surface area contributed by atoms with Crippen molar-refractivity contribution in [1.82, 2.24) is 0 Å². The van der Waals surface area contributed by atoms with Crippen molar-refractivity contribution in [2.75, 3.05) is 0 Å². The zero-order chi connectivity index (χ0) is 11.0. The van der Waals surface area contributed by atoms with Gasteiger partial charge in [0.15, 0.2) is 12.6 Å². The normalized spacial score (nSPS) is 8.14. The van der Waals surface area contributed by atoms with E-state index in [0.717, 1.165) is 0 Å². The molecule has 0 fully saturated rings. The van der Waals surface area contributed by atoms with Crippen LogP contribution in [0.2, 0.25) is 0 Å². The third-order valence-corrected chi connectivity index (χ3v) is 1.63. The van der Waals surface area contributed by atoms with Gasteiger partial charge < -0.3 is 0 Å². The second-order valence-corrected chi connectivity index (χ2v) is 2.29. The third kappa shape index (κ3) is 2.66. The summed E-state index contributed by atoms with van der Waals surface area (Å²) in [4.78, 5) is 21.0. The molecule has 0 heterocycles. The average molecular weight is 190 g/mol. The lowest BCUT2D eigenvalue weighted by Gasteiger charge is -2.00. The molecule has 2 heteroatoms. The minimum absolute atomic E-state index is 0.495. The van der Waals surface area contributed by atoms with Crippen LogP contribution in [-0.4, -0.2) is 12.6 Å². The zero-order valence-corrected chi connectivity index (χ0v) is 8.49. The summed E-state index contributed by atoms with van der Waals surface area (Å²) in [5.41, 5.74) is 1.59. The van der Waals surface area contributed by atoms with Crippen molar-refractivity contribution in [3.63, 3.8) is 0 Å². The Bertz CT molecular complexity index is 301. The fourth-order valence-electron chi connectivity index (χ4n) is 1.04. The van der Waals surface area contributed by atoms with E-state index >= 15 is 0 Å². The van der Waals surface area contributed by atoms with E-state index in [9.17, 15) is 9.59 Å². The van der Waals surface area contributed by atoms with E-state index in [-0.39, 0.29) is 0 Å². The van der Waals surface area contributed by atoms with Crippen LogP contribution in [0.3, 0.4) is 0 Å². The molecule has 0 amide bonds. The highest BCUT2D eigenvalue weighted by molar-refractivity contribution is 5.90. The van der Waals surface area contributed by atoms with Gasteiger partial charge in [-0.05, 0) is 5.56 Å². The molecule has 0 aliphatic rings. The number of rotatable bonds is 3. The standard InChI is InChI=1S/C10H8O2.C2H6/c1-2-10-8(6-11)4-3-5-9(10)7-12;1-2/h2-7H,1H2;1-2H3. The van der Waals surface area contributed by atoms with Gasteiger partial charge in [-0.3, -0.25) is 9.59 Å². The van der Waals surface area contributed by atoms with E-state index in [0.29, 0.717) is 29.3 Å². The molecule has 0 saturated carbocycles. The highest BCUT2D eigenvalue weighted by atomic mass is 16.1. The van der Waals surface area contributed by atoms with E-state index in [1.54, 1.807) is 18.2 Å². The van der Waals surface area contributed by atoms with Gasteiger partial charge in [0.05, 0.1) is 0 Å². The number of benzene rings is 1. The Labute approximate surface area is 84.3 Å². The summed E-state index contributed by atoms with van der Waals surface area (Å²) in [6.07, 6.45) is 2.93. The number of hydrogen-bond donors (Lipinski definition) is 0. The van der Waals surface area contributed by atoms with Crippen LogP contribution in [0.15, 0.2) is 24.8 Å². The van der Waals surface area contributed by atoms with Crippen LogP contribution in [0.5, 0.6) is 0 Å². The van der Waals surface area contributed by atoms with Gasteiger partial charge in [-0.25, -0.2) is 0 Å². The summed E-state index contributed by atoms with van der Waals surface area (Å²) in [5, 5.41) is 0. The monoisotopic (exact) mass is 190 g/mol. The number of aldehydes is 2. The highest BCUT2D eigenvalue weighted by Crippen LogP contribution is 2.12. The first kappa shape index (κ1) is 12.3. The molecular formula is C12H14O2. The molecule has 14 heavy (non-hydrogen) atoms. The first-order chi connectivity index (χ1) is 6.83. The van der Waals surface area contributed by atoms with Crippen molar-refractivity contribution in [2.24, 2.45) is 0 Å². The van der Waals surface area contributed by atoms with E-state index in [1.165, 1.54) is 6.08 Å². The largest absolute Gasteiger partial charge is 0.298 e. The van der Waals surface area contributed by atoms with Crippen LogP contribution in [0.1, 0.15) is 40.1 Å². The number of hydrogen-bond acceptors (Lipinski definition) is 2. The van der Waals surface area contributed by atoms with Gasteiger partial charge in [-0.1, -0.05) is 44.7 Å². The minimum atomic E-state index is 0.495. The highest BCUT2D eigenvalue weighted by Gasteiger charge is 2.02. The Morgan fingerprint density at radius 3 is 1.79 bits per heavy atom. The summed E-state index contributed by atoms with van der Waals surface area (Å²) < 4.78 is 0. The van der Waals surface area contributed by atoms with Crippen molar-refractivity contribution < 1.29 is 9.59 Å². The summed E-state index contributed by atoms with van der Waals surface area (Å²) >= 11 is 0. The second-order valence-electron chi connectivity index (χ2n) is 2.29. The molecule has 0 radical (unpaired) electrons. The van der Waals surface area contributed by atoms with Crippen molar-refractivity contribution in [3.05, 3.63) is 41.5 Å². The average Bonchev–Trinajstić information content (AvgIpc) is 2.30. The second kappa shape index (κ2) is 6.78. The maximum Gasteiger partial charge on any atom is 0.150 e. The maximum absolute atomic E-state index is 10.5. The van der Waals surface area contributed by atoms with Crippen LogP contribution in [-0.2, 0) is 0 Å². The number of carbonyl (C=O) groups excluding carboxylic acids is 2. The van der Waals surface area contributed by atoms with Crippen LogP contribution >= 0.6 is 0 Å². The first-order valence-corrected chi connectivity index (χ1v) is 4.49. The molecule has 2 nitrogen and oxygen atoms in total. The van der Waals surface area contributed by atoms with Gasteiger partial charge in [0, 0.05) is 11.1 Å². The molecule has 0 aliphatic carbocycles. The smallest absolute Gasteiger partial charge is 0.150 e. The quantitative estimate of drug-likeness (QED) is 0.686. The van der Waals surface area contributed by atoms with E-state index in [2.05, 4.69) is 6.58 Å². The lowest BCUT2D eigenvalue weighted by atomic mass is 10.0. The van der Waals surface area contributed by atoms with Gasteiger partial charge in [-0.2, -0.15) is 0 Å². The summed E-state index contributed by atoms with van der Waals surface area (Å²) in [6, 6.07) is 4.97. The molecule has 0 spiro atoms. The van der Waals surface area contributed by atoms with Crippen LogP contribution in [0, 0.1) is 0 Å². The molecular weight excluding hydrogens is 176 g/mol. The lowest BCUT2D eigenvalue weighted by molar-refractivity contribution is 0.112. The molecule has 1 aromatic carbocycles. The van der Waals surface area contributed by atoms with Gasteiger partial charge in [0.1, 0.15) is 0 Å². The molecule has 1 aromatic rings. The third-order valence-electron chi connectivity index (χ3n) is 1.63. The van der Waals surface area contributed by atoms with Gasteiger partial charge in [0.2, 0.25) is 0 Å². The molecule has 0 atom stereocenters. The van der Waals surface area contributed by atoms with E-state index < -0.39 is 0 Å². The van der Waals surface area contributed by atoms with Gasteiger partial charge >= 0.3 is 0 Å². The number of carbonyl (C=O) groups is 2.